The van der Waals surface area contributed by atoms with E-state index >= 15 is 0 Å². The van der Waals surface area contributed by atoms with Crippen molar-refractivity contribution in [2.24, 2.45) is 5.73 Å². The molecule has 0 aromatic carbocycles. The lowest BCUT2D eigenvalue weighted by Crippen LogP contribution is -2.39. The van der Waals surface area contributed by atoms with Gasteiger partial charge in [0.2, 0.25) is 0 Å². The van der Waals surface area contributed by atoms with Gasteiger partial charge in [0, 0.05) is 35.6 Å². The van der Waals surface area contributed by atoms with Crippen LogP contribution in [0.4, 0.5) is 0 Å². The van der Waals surface area contributed by atoms with Crippen LogP contribution in [0.25, 0.3) is 0 Å². The highest BCUT2D eigenvalue weighted by Crippen LogP contribution is 2.30. The van der Waals surface area contributed by atoms with Gasteiger partial charge in [-0.25, -0.2) is 4.98 Å². The number of hydrogen-bond donors (Lipinski definition) is 1. The Hall–Kier alpha value is -0.450. The van der Waals surface area contributed by atoms with Crippen molar-refractivity contribution >= 4 is 11.3 Å². The van der Waals surface area contributed by atoms with Crippen LogP contribution in [0.1, 0.15) is 49.4 Å². The Labute approximate surface area is 114 Å². The van der Waals surface area contributed by atoms with Crippen molar-refractivity contribution in [2.45, 2.75) is 58.0 Å². The summed E-state index contributed by atoms with van der Waals surface area (Å²) in [6, 6.07) is 0.883. The summed E-state index contributed by atoms with van der Waals surface area (Å²) in [5, 5.41) is 1.32. The molecule has 3 nitrogen and oxygen atoms in total. The van der Waals surface area contributed by atoms with Crippen molar-refractivity contribution in [3.05, 3.63) is 16.1 Å². The van der Waals surface area contributed by atoms with E-state index in [1.165, 1.54) is 35.8 Å². The normalized spacial score (nSPS) is 23.5. The molecule has 2 N–H and O–H groups in total. The van der Waals surface area contributed by atoms with Crippen LogP contribution in [0.5, 0.6) is 0 Å². The Morgan fingerprint density at radius 2 is 2.28 bits per heavy atom. The Bertz CT molecular complexity index is 373. The average molecular weight is 267 g/mol. The lowest BCUT2D eigenvalue weighted by atomic mass is 9.98. The topological polar surface area (TPSA) is 42.1 Å². The molecule has 1 aromatic heterocycles. The van der Waals surface area contributed by atoms with Crippen LogP contribution in [0, 0.1) is 0 Å². The average Bonchev–Trinajstić information content (AvgIpc) is 2.77. The van der Waals surface area contributed by atoms with Crippen LogP contribution in [-0.4, -0.2) is 35.1 Å². The van der Waals surface area contributed by atoms with Crippen LogP contribution in [0.3, 0.4) is 0 Å². The molecule has 1 aromatic rings. The number of likely N-dealkylation sites (tertiary alicyclic amines) is 1. The van der Waals surface area contributed by atoms with Gasteiger partial charge < -0.3 is 10.6 Å². The lowest BCUT2D eigenvalue weighted by Gasteiger charge is -2.34. The number of hydrogen-bond acceptors (Lipinski definition) is 4. The first-order chi connectivity index (χ1) is 8.56. The number of nitrogens with two attached hydrogens (primary N) is 1. The van der Waals surface area contributed by atoms with Crippen molar-refractivity contribution < 1.29 is 0 Å². The Kier molecular flexibility index (Phi) is 4.76. The molecule has 1 aliphatic heterocycles. The van der Waals surface area contributed by atoms with Gasteiger partial charge in [-0.05, 0) is 46.6 Å². The van der Waals surface area contributed by atoms with Crippen molar-refractivity contribution in [1.82, 2.24) is 9.88 Å². The van der Waals surface area contributed by atoms with E-state index in [4.69, 9.17) is 5.73 Å². The molecule has 102 valence electrons. The van der Waals surface area contributed by atoms with Crippen molar-refractivity contribution in [1.29, 1.82) is 0 Å². The van der Waals surface area contributed by atoms with E-state index in [9.17, 15) is 0 Å². The number of aromatic nitrogens is 1. The van der Waals surface area contributed by atoms with E-state index in [1.54, 1.807) is 0 Å². The van der Waals surface area contributed by atoms with Crippen LogP contribution in [-0.2, 0) is 6.42 Å². The fourth-order valence-electron chi connectivity index (χ4n) is 2.60. The molecule has 18 heavy (non-hydrogen) atoms. The predicted molar refractivity (Wildman–Crippen MR) is 78.2 cm³/mol. The Morgan fingerprint density at radius 1 is 1.50 bits per heavy atom. The third kappa shape index (κ3) is 3.53. The summed E-state index contributed by atoms with van der Waals surface area (Å²) in [5.41, 5.74) is 5.84. The van der Waals surface area contributed by atoms with Gasteiger partial charge in [-0.15, -0.1) is 11.3 Å². The van der Waals surface area contributed by atoms with E-state index in [0.717, 1.165) is 6.42 Å². The number of piperidine rings is 1. The first-order valence-electron chi connectivity index (χ1n) is 7.00. The second-order valence-electron chi connectivity index (χ2n) is 5.77. The standard InChI is InChI=1S/C14H25N3S/c1-10(2)17-6-4-5-12(9-17)14-16-8-13(18-14)7-11(3)15/h8,10-12H,4-7,9,15H2,1-3H3. The van der Waals surface area contributed by atoms with Gasteiger partial charge in [0.25, 0.3) is 0 Å². The molecular weight excluding hydrogens is 242 g/mol. The molecule has 2 atom stereocenters. The van der Waals surface area contributed by atoms with Gasteiger partial charge >= 0.3 is 0 Å². The molecule has 1 aliphatic rings. The maximum Gasteiger partial charge on any atom is 0.0971 e. The molecule has 1 fully saturated rings. The Balaban J connectivity index is 2.00. The minimum atomic E-state index is 0.233. The van der Waals surface area contributed by atoms with Crippen molar-refractivity contribution in [3.63, 3.8) is 0 Å². The molecule has 0 saturated carbocycles. The van der Waals surface area contributed by atoms with E-state index in [0.29, 0.717) is 12.0 Å². The zero-order valence-electron chi connectivity index (χ0n) is 11.7. The van der Waals surface area contributed by atoms with Gasteiger partial charge in [0.05, 0.1) is 5.01 Å². The molecular formula is C14H25N3S. The highest BCUT2D eigenvalue weighted by atomic mass is 32.1. The summed E-state index contributed by atoms with van der Waals surface area (Å²) < 4.78 is 0. The highest BCUT2D eigenvalue weighted by Gasteiger charge is 2.25. The molecule has 4 heteroatoms. The molecule has 2 rings (SSSR count). The summed E-state index contributed by atoms with van der Waals surface area (Å²) in [4.78, 5) is 8.53. The lowest BCUT2D eigenvalue weighted by molar-refractivity contribution is 0.167. The molecule has 0 bridgehead atoms. The second-order valence-corrected chi connectivity index (χ2v) is 6.92. The zero-order chi connectivity index (χ0) is 13.1. The van der Waals surface area contributed by atoms with E-state index in [2.05, 4.69) is 30.7 Å². The van der Waals surface area contributed by atoms with Crippen LogP contribution in [0.15, 0.2) is 6.20 Å². The van der Waals surface area contributed by atoms with Crippen LogP contribution in [0.2, 0.25) is 0 Å². The number of thiazole rings is 1. The molecule has 0 amide bonds. The number of rotatable bonds is 4. The largest absolute Gasteiger partial charge is 0.328 e. The monoisotopic (exact) mass is 267 g/mol. The second kappa shape index (κ2) is 6.13. The summed E-state index contributed by atoms with van der Waals surface area (Å²) in [5.74, 6) is 0.632. The third-order valence-electron chi connectivity index (χ3n) is 3.63. The van der Waals surface area contributed by atoms with Crippen molar-refractivity contribution in [2.75, 3.05) is 13.1 Å². The van der Waals surface area contributed by atoms with Gasteiger partial charge in [0.1, 0.15) is 0 Å². The van der Waals surface area contributed by atoms with E-state index < -0.39 is 0 Å². The summed E-state index contributed by atoms with van der Waals surface area (Å²) in [6.45, 7) is 9.03. The minimum absolute atomic E-state index is 0.233. The SMILES string of the molecule is CC(N)Cc1cnc(C2CCCN(C(C)C)C2)s1. The van der Waals surface area contributed by atoms with Gasteiger partial charge in [-0.2, -0.15) is 0 Å². The van der Waals surface area contributed by atoms with Gasteiger partial charge in [-0.1, -0.05) is 0 Å². The van der Waals surface area contributed by atoms with Crippen molar-refractivity contribution in [3.8, 4) is 0 Å². The van der Waals surface area contributed by atoms with Crippen LogP contribution < -0.4 is 5.73 Å². The molecule has 0 spiro atoms. The summed E-state index contributed by atoms with van der Waals surface area (Å²) in [7, 11) is 0. The van der Waals surface area contributed by atoms with E-state index in [1.807, 2.05) is 17.5 Å². The molecule has 0 radical (unpaired) electrons. The molecule has 2 unspecified atom stereocenters. The summed E-state index contributed by atoms with van der Waals surface area (Å²) >= 11 is 1.86. The Morgan fingerprint density at radius 3 is 2.94 bits per heavy atom. The van der Waals surface area contributed by atoms with Gasteiger partial charge in [-0.3, -0.25) is 0 Å². The highest BCUT2D eigenvalue weighted by molar-refractivity contribution is 7.11. The fourth-order valence-corrected chi connectivity index (χ4v) is 3.78. The quantitative estimate of drug-likeness (QED) is 0.912. The maximum atomic E-state index is 5.84. The van der Waals surface area contributed by atoms with Gasteiger partial charge in [0.15, 0.2) is 0 Å². The van der Waals surface area contributed by atoms with E-state index in [-0.39, 0.29) is 6.04 Å². The first-order valence-corrected chi connectivity index (χ1v) is 7.82. The molecule has 0 aliphatic carbocycles. The minimum Gasteiger partial charge on any atom is -0.328 e. The zero-order valence-corrected chi connectivity index (χ0v) is 12.5. The first kappa shape index (κ1) is 14.0. The molecule has 2 heterocycles. The third-order valence-corrected chi connectivity index (χ3v) is 4.81. The smallest absolute Gasteiger partial charge is 0.0971 e. The maximum absolute atomic E-state index is 5.84. The van der Waals surface area contributed by atoms with Crippen LogP contribution >= 0.6 is 11.3 Å². The fraction of sp³-hybridized carbons (Fsp3) is 0.786. The number of nitrogens with zero attached hydrogens (tertiary/aromatic N) is 2. The summed E-state index contributed by atoms with van der Waals surface area (Å²) in [6.07, 6.45) is 5.56. The predicted octanol–water partition coefficient (Wildman–Crippen LogP) is 2.62. The molecule has 1 saturated heterocycles.